The van der Waals surface area contributed by atoms with Crippen LogP contribution in [0.3, 0.4) is 0 Å². The van der Waals surface area contributed by atoms with Crippen molar-refractivity contribution in [1.29, 1.82) is 0 Å². The molecule has 4 nitrogen and oxygen atoms in total. The van der Waals surface area contributed by atoms with Gasteiger partial charge in [0.1, 0.15) is 5.82 Å². The number of anilines is 1. The number of nitrogens with one attached hydrogen (secondary N) is 2. The van der Waals surface area contributed by atoms with Crippen LogP contribution in [0.5, 0.6) is 0 Å². The minimum absolute atomic E-state index is 0.690. The molecule has 1 aromatic rings. The second-order valence-electron chi connectivity index (χ2n) is 4.27. The molecular formula is C12H20N4. The van der Waals surface area contributed by atoms with Gasteiger partial charge in [0, 0.05) is 12.6 Å². The molecule has 4 heteroatoms. The van der Waals surface area contributed by atoms with Crippen LogP contribution in [-0.4, -0.2) is 29.3 Å². The van der Waals surface area contributed by atoms with E-state index in [1.165, 1.54) is 19.4 Å². The maximum absolute atomic E-state index is 4.13. The van der Waals surface area contributed by atoms with Crippen molar-refractivity contribution in [2.45, 2.75) is 38.6 Å². The van der Waals surface area contributed by atoms with Gasteiger partial charge in [-0.05, 0) is 44.4 Å². The summed E-state index contributed by atoms with van der Waals surface area (Å²) < 4.78 is 0. The van der Waals surface area contributed by atoms with E-state index in [0.29, 0.717) is 6.04 Å². The highest BCUT2D eigenvalue weighted by molar-refractivity contribution is 5.32. The molecule has 88 valence electrons. The van der Waals surface area contributed by atoms with Gasteiger partial charge in [-0.1, -0.05) is 6.92 Å². The molecule has 1 aliphatic heterocycles. The van der Waals surface area contributed by atoms with Gasteiger partial charge in [0.15, 0.2) is 0 Å². The van der Waals surface area contributed by atoms with Crippen LogP contribution >= 0.6 is 0 Å². The molecule has 16 heavy (non-hydrogen) atoms. The standard InChI is InChI=1S/C12H20N4/c1-2-10-5-6-12(16-15-10)14-9-7-11-4-3-8-13-11/h5-6,11,13H,2-4,7-9H2,1H3,(H,14,16). The first-order chi connectivity index (χ1) is 7.88. The van der Waals surface area contributed by atoms with Crippen LogP contribution in [0.15, 0.2) is 12.1 Å². The summed E-state index contributed by atoms with van der Waals surface area (Å²) in [7, 11) is 0. The zero-order valence-electron chi connectivity index (χ0n) is 9.87. The highest BCUT2D eigenvalue weighted by Gasteiger charge is 2.12. The zero-order chi connectivity index (χ0) is 11.2. The summed E-state index contributed by atoms with van der Waals surface area (Å²) in [6, 6.07) is 4.73. The molecule has 0 aromatic carbocycles. The van der Waals surface area contributed by atoms with E-state index in [1.54, 1.807) is 0 Å². The fourth-order valence-electron chi connectivity index (χ4n) is 2.02. The lowest BCUT2D eigenvalue weighted by molar-refractivity contribution is 0.574. The lowest BCUT2D eigenvalue weighted by atomic mass is 10.1. The second kappa shape index (κ2) is 5.80. The predicted molar refractivity (Wildman–Crippen MR) is 65.5 cm³/mol. The van der Waals surface area contributed by atoms with E-state index < -0.39 is 0 Å². The van der Waals surface area contributed by atoms with E-state index in [2.05, 4.69) is 27.8 Å². The Balaban J connectivity index is 1.71. The van der Waals surface area contributed by atoms with Gasteiger partial charge in [-0.2, -0.15) is 5.10 Å². The molecule has 0 bridgehead atoms. The molecular weight excluding hydrogens is 200 g/mol. The zero-order valence-corrected chi connectivity index (χ0v) is 9.87. The van der Waals surface area contributed by atoms with Crippen LogP contribution in [0.25, 0.3) is 0 Å². The fourth-order valence-corrected chi connectivity index (χ4v) is 2.02. The summed E-state index contributed by atoms with van der Waals surface area (Å²) in [5, 5.41) is 15.0. The summed E-state index contributed by atoms with van der Waals surface area (Å²) in [5.41, 5.74) is 1.04. The van der Waals surface area contributed by atoms with E-state index in [4.69, 9.17) is 0 Å². The van der Waals surface area contributed by atoms with Crippen molar-refractivity contribution in [3.63, 3.8) is 0 Å². The quantitative estimate of drug-likeness (QED) is 0.791. The van der Waals surface area contributed by atoms with Crippen LogP contribution in [0.1, 0.15) is 31.9 Å². The van der Waals surface area contributed by atoms with Gasteiger partial charge in [-0.3, -0.25) is 0 Å². The van der Waals surface area contributed by atoms with Gasteiger partial charge in [-0.15, -0.1) is 5.10 Å². The number of aromatic nitrogens is 2. The Labute approximate surface area is 96.9 Å². The average molecular weight is 220 g/mol. The van der Waals surface area contributed by atoms with Crippen molar-refractivity contribution in [2.75, 3.05) is 18.4 Å². The highest BCUT2D eigenvalue weighted by atomic mass is 15.2. The molecule has 1 aromatic heterocycles. The topological polar surface area (TPSA) is 49.8 Å². The first-order valence-corrected chi connectivity index (χ1v) is 6.18. The Hall–Kier alpha value is -1.16. The third-order valence-electron chi connectivity index (χ3n) is 3.04. The average Bonchev–Trinajstić information content (AvgIpc) is 2.83. The Bertz CT molecular complexity index is 303. The van der Waals surface area contributed by atoms with Crippen molar-refractivity contribution >= 4 is 5.82 Å². The van der Waals surface area contributed by atoms with Crippen LogP contribution < -0.4 is 10.6 Å². The number of nitrogens with zero attached hydrogens (tertiary/aromatic N) is 2. The maximum Gasteiger partial charge on any atom is 0.148 e. The minimum atomic E-state index is 0.690. The maximum atomic E-state index is 4.13. The highest BCUT2D eigenvalue weighted by Crippen LogP contribution is 2.09. The number of aryl methyl sites for hydroxylation is 1. The number of rotatable bonds is 5. The molecule has 1 fully saturated rings. The summed E-state index contributed by atoms with van der Waals surface area (Å²) in [6.07, 6.45) is 4.73. The lowest BCUT2D eigenvalue weighted by Gasteiger charge is -2.10. The van der Waals surface area contributed by atoms with E-state index in [-0.39, 0.29) is 0 Å². The Morgan fingerprint density at radius 1 is 1.44 bits per heavy atom. The van der Waals surface area contributed by atoms with Crippen molar-refractivity contribution in [1.82, 2.24) is 15.5 Å². The van der Waals surface area contributed by atoms with Gasteiger partial charge in [0.25, 0.3) is 0 Å². The molecule has 0 aliphatic carbocycles. The Morgan fingerprint density at radius 3 is 3.00 bits per heavy atom. The van der Waals surface area contributed by atoms with Crippen molar-refractivity contribution in [3.05, 3.63) is 17.8 Å². The van der Waals surface area contributed by atoms with Gasteiger partial charge in [0.2, 0.25) is 0 Å². The Morgan fingerprint density at radius 2 is 2.38 bits per heavy atom. The van der Waals surface area contributed by atoms with Crippen molar-refractivity contribution < 1.29 is 0 Å². The smallest absolute Gasteiger partial charge is 0.148 e. The lowest BCUT2D eigenvalue weighted by Crippen LogP contribution is -2.24. The van der Waals surface area contributed by atoms with Crippen LogP contribution in [0.4, 0.5) is 5.82 Å². The minimum Gasteiger partial charge on any atom is -0.369 e. The van der Waals surface area contributed by atoms with Gasteiger partial charge in [0.05, 0.1) is 5.69 Å². The van der Waals surface area contributed by atoms with E-state index in [9.17, 15) is 0 Å². The van der Waals surface area contributed by atoms with Gasteiger partial charge < -0.3 is 10.6 Å². The summed E-state index contributed by atoms with van der Waals surface area (Å²) in [6.45, 7) is 4.23. The predicted octanol–water partition coefficient (Wildman–Crippen LogP) is 1.59. The molecule has 2 heterocycles. The molecule has 1 aliphatic rings. The molecule has 1 saturated heterocycles. The van der Waals surface area contributed by atoms with E-state index >= 15 is 0 Å². The molecule has 0 radical (unpaired) electrons. The first-order valence-electron chi connectivity index (χ1n) is 6.18. The van der Waals surface area contributed by atoms with E-state index in [0.717, 1.165) is 30.9 Å². The second-order valence-corrected chi connectivity index (χ2v) is 4.27. The SMILES string of the molecule is CCc1ccc(NCCC2CCCN2)nn1. The molecule has 1 atom stereocenters. The van der Waals surface area contributed by atoms with Crippen LogP contribution in [0, 0.1) is 0 Å². The third kappa shape index (κ3) is 3.17. The van der Waals surface area contributed by atoms with Crippen LogP contribution in [-0.2, 0) is 6.42 Å². The molecule has 2 rings (SSSR count). The first kappa shape index (κ1) is 11.3. The molecule has 0 amide bonds. The normalized spacial score (nSPS) is 19.9. The summed E-state index contributed by atoms with van der Waals surface area (Å²) >= 11 is 0. The van der Waals surface area contributed by atoms with E-state index in [1.807, 2.05) is 12.1 Å². The molecule has 2 N–H and O–H groups in total. The number of hydrogen-bond donors (Lipinski definition) is 2. The monoisotopic (exact) mass is 220 g/mol. The molecule has 0 saturated carbocycles. The number of hydrogen-bond acceptors (Lipinski definition) is 4. The largest absolute Gasteiger partial charge is 0.369 e. The summed E-state index contributed by atoms with van der Waals surface area (Å²) in [5.74, 6) is 0.884. The molecule has 1 unspecified atom stereocenters. The summed E-state index contributed by atoms with van der Waals surface area (Å²) in [4.78, 5) is 0. The fraction of sp³-hybridized carbons (Fsp3) is 0.667. The van der Waals surface area contributed by atoms with Crippen molar-refractivity contribution in [3.8, 4) is 0 Å². The Kier molecular flexibility index (Phi) is 4.10. The van der Waals surface area contributed by atoms with Crippen molar-refractivity contribution in [2.24, 2.45) is 0 Å². The van der Waals surface area contributed by atoms with Crippen LogP contribution in [0.2, 0.25) is 0 Å². The van der Waals surface area contributed by atoms with Gasteiger partial charge in [-0.25, -0.2) is 0 Å². The third-order valence-corrected chi connectivity index (χ3v) is 3.04. The van der Waals surface area contributed by atoms with Gasteiger partial charge >= 0.3 is 0 Å². The molecule has 0 spiro atoms.